The zero-order chi connectivity index (χ0) is 16.9. The number of carbonyl (C=O) groups excluding carboxylic acids is 1. The van der Waals surface area contributed by atoms with Crippen LogP contribution in [0, 0.1) is 0 Å². The van der Waals surface area contributed by atoms with Crippen molar-refractivity contribution in [2.24, 2.45) is 0 Å². The second-order valence-electron chi connectivity index (χ2n) is 5.63. The lowest BCUT2D eigenvalue weighted by atomic mass is 10.1. The summed E-state index contributed by atoms with van der Waals surface area (Å²) in [7, 11) is 0. The third-order valence-electron chi connectivity index (χ3n) is 3.88. The van der Waals surface area contributed by atoms with Crippen molar-refractivity contribution in [1.82, 2.24) is 14.9 Å². The Labute approximate surface area is 144 Å². The van der Waals surface area contributed by atoms with Crippen LogP contribution in [-0.4, -0.2) is 38.5 Å². The van der Waals surface area contributed by atoms with Gasteiger partial charge in [-0.05, 0) is 31.0 Å². The fraction of sp³-hybridized carbons (Fsp3) is 0.278. The molecule has 5 nitrogen and oxygen atoms in total. The summed E-state index contributed by atoms with van der Waals surface area (Å²) in [5, 5.41) is 9.69. The van der Waals surface area contributed by atoms with Crippen LogP contribution in [-0.2, 0) is 6.54 Å². The molecule has 0 aliphatic heterocycles. The number of rotatable bonds is 6. The van der Waals surface area contributed by atoms with Gasteiger partial charge >= 0.3 is 0 Å². The average Bonchev–Trinajstić information content (AvgIpc) is 3.04. The molecule has 1 atom stereocenters. The van der Waals surface area contributed by atoms with E-state index < -0.39 is 0 Å². The Hall–Kier alpha value is -2.31. The summed E-state index contributed by atoms with van der Waals surface area (Å²) in [5.74, 6) is -0.122. The number of aliphatic hydroxyl groups excluding tert-OH is 1. The van der Waals surface area contributed by atoms with Crippen LogP contribution < -0.4 is 0 Å². The highest BCUT2D eigenvalue weighted by Gasteiger charge is 2.24. The number of amides is 1. The summed E-state index contributed by atoms with van der Waals surface area (Å²) in [6.45, 7) is 2.48. The number of thiazole rings is 1. The van der Waals surface area contributed by atoms with Crippen molar-refractivity contribution in [2.45, 2.75) is 25.9 Å². The summed E-state index contributed by atoms with van der Waals surface area (Å²) >= 11 is 1.30. The lowest BCUT2D eigenvalue weighted by Gasteiger charge is -2.28. The molecule has 6 heteroatoms. The molecule has 0 aliphatic rings. The number of aromatic nitrogens is 2. The van der Waals surface area contributed by atoms with E-state index >= 15 is 0 Å². The molecule has 0 saturated carbocycles. The molecule has 0 saturated heterocycles. The molecule has 0 fully saturated rings. The molecule has 3 aromatic rings. The zero-order valence-corrected chi connectivity index (χ0v) is 14.2. The number of benzene rings is 1. The minimum atomic E-state index is -0.122. The van der Waals surface area contributed by atoms with Crippen LogP contribution >= 0.6 is 11.3 Å². The van der Waals surface area contributed by atoms with Crippen LogP contribution in [0.5, 0.6) is 0 Å². The molecule has 0 bridgehead atoms. The Morgan fingerprint density at radius 3 is 2.75 bits per heavy atom. The third kappa shape index (κ3) is 3.60. The minimum Gasteiger partial charge on any atom is -0.396 e. The van der Waals surface area contributed by atoms with Gasteiger partial charge in [-0.1, -0.05) is 41.7 Å². The minimum absolute atomic E-state index is 0.0428. The van der Waals surface area contributed by atoms with E-state index in [2.05, 4.69) is 9.97 Å². The van der Waals surface area contributed by atoms with Crippen molar-refractivity contribution < 1.29 is 9.90 Å². The monoisotopic (exact) mass is 341 g/mol. The molecule has 0 unspecified atom stereocenters. The molecule has 124 valence electrons. The molecule has 1 amide bonds. The van der Waals surface area contributed by atoms with Crippen molar-refractivity contribution in [1.29, 1.82) is 0 Å². The topological polar surface area (TPSA) is 66.3 Å². The quantitative estimate of drug-likeness (QED) is 0.748. The molecular formula is C18H19N3O2S. The van der Waals surface area contributed by atoms with Gasteiger partial charge < -0.3 is 10.0 Å². The first-order chi connectivity index (χ1) is 11.7. The number of aliphatic hydroxyl groups is 1. The van der Waals surface area contributed by atoms with Gasteiger partial charge in [-0.3, -0.25) is 4.79 Å². The first kappa shape index (κ1) is 16.5. The first-order valence-corrected chi connectivity index (χ1v) is 8.68. The largest absolute Gasteiger partial charge is 0.396 e. The molecule has 2 heterocycles. The van der Waals surface area contributed by atoms with Gasteiger partial charge in [0.25, 0.3) is 5.91 Å². The van der Waals surface area contributed by atoms with E-state index in [9.17, 15) is 9.90 Å². The zero-order valence-electron chi connectivity index (χ0n) is 13.4. The highest BCUT2D eigenvalue weighted by atomic mass is 32.1. The van der Waals surface area contributed by atoms with Gasteiger partial charge in [-0.2, -0.15) is 0 Å². The van der Waals surface area contributed by atoms with Gasteiger partial charge in [-0.25, -0.2) is 9.97 Å². The van der Waals surface area contributed by atoms with E-state index in [1.807, 2.05) is 49.4 Å². The van der Waals surface area contributed by atoms with E-state index in [1.165, 1.54) is 11.3 Å². The first-order valence-electron chi connectivity index (χ1n) is 7.86. The Balaban J connectivity index is 1.89. The van der Waals surface area contributed by atoms with Gasteiger partial charge in [0.1, 0.15) is 10.3 Å². The van der Waals surface area contributed by atoms with E-state index in [4.69, 9.17) is 0 Å². The second-order valence-corrected chi connectivity index (χ2v) is 6.60. The Bertz CT molecular complexity index is 786. The Kier molecular flexibility index (Phi) is 5.17. The van der Waals surface area contributed by atoms with Crippen molar-refractivity contribution >= 4 is 27.6 Å². The highest BCUT2D eigenvalue weighted by Crippen LogP contribution is 2.23. The lowest BCUT2D eigenvalue weighted by Crippen LogP contribution is -2.38. The van der Waals surface area contributed by atoms with Gasteiger partial charge in [0.05, 0.1) is 0 Å². The molecule has 1 aromatic carbocycles. The SMILES string of the molecule is C[C@@H](CCO)N(Cc1ccccc1)C(=O)c1nc2cccnc2s1. The molecular weight excluding hydrogens is 322 g/mol. The van der Waals surface area contributed by atoms with Crippen LogP contribution in [0.25, 0.3) is 10.3 Å². The van der Waals surface area contributed by atoms with Gasteiger partial charge in [0.15, 0.2) is 5.01 Å². The van der Waals surface area contributed by atoms with Gasteiger partial charge in [0.2, 0.25) is 0 Å². The summed E-state index contributed by atoms with van der Waals surface area (Å²) < 4.78 is 0. The standard InChI is InChI=1S/C18H19N3O2S/c1-13(9-11-22)21(12-14-6-3-2-4-7-14)18(23)17-20-15-8-5-10-19-16(15)24-17/h2-8,10,13,22H,9,11-12H2,1H3/t13-/m0/s1. The van der Waals surface area contributed by atoms with E-state index in [-0.39, 0.29) is 18.6 Å². The lowest BCUT2D eigenvalue weighted by molar-refractivity contribution is 0.0648. The molecule has 0 aliphatic carbocycles. The number of hydrogen-bond donors (Lipinski definition) is 1. The van der Waals surface area contributed by atoms with E-state index in [0.717, 1.165) is 15.9 Å². The van der Waals surface area contributed by atoms with Crippen LogP contribution in [0.1, 0.15) is 28.7 Å². The molecule has 2 aromatic heterocycles. The maximum atomic E-state index is 13.0. The fourth-order valence-electron chi connectivity index (χ4n) is 2.53. The van der Waals surface area contributed by atoms with Crippen molar-refractivity contribution in [3.05, 3.63) is 59.2 Å². The van der Waals surface area contributed by atoms with Crippen molar-refractivity contribution in [3.8, 4) is 0 Å². The highest BCUT2D eigenvalue weighted by molar-refractivity contribution is 7.19. The predicted molar refractivity (Wildman–Crippen MR) is 94.9 cm³/mol. The summed E-state index contributed by atoms with van der Waals surface area (Å²) in [4.78, 5) is 24.2. The average molecular weight is 341 g/mol. The van der Waals surface area contributed by atoms with Crippen molar-refractivity contribution in [2.75, 3.05) is 6.61 Å². The summed E-state index contributed by atoms with van der Waals surface area (Å²) in [5.41, 5.74) is 1.79. The summed E-state index contributed by atoms with van der Waals surface area (Å²) in [6.07, 6.45) is 2.23. The van der Waals surface area contributed by atoms with E-state index in [0.29, 0.717) is 18.0 Å². The van der Waals surface area contributed by atoms with Crippen LogP contribution in [0.2, 0.25) is 0 Å². The van der Waals surface area contributed by atoms with Crippen LogP contribution in [0.4, 0.5) is 0 Å². The van der Waals surface area contributed by atoms with Crippen LogP contribution in [0.3, 0.4) is 0 Å². The number of carbonyl (C=O) groups is 1. The fourth-order valence-corrected chi connectivity index (χ4v) is 3.40. The van der Waals surface area contributed by atoms with Gasteiger partial charge in [-0.15, -0.1) is 0 Å². The molecule has 3 rings (SSSR count). The second kappa shape index (κ2) is 7.51. The Morgan fingerprint density at radius 2 is 2.04 bits per heavy atom. The maximum absolute atomic E-state index is 13.0. The predicted octanol–water partition coefficient (Wildman–Crippen LogP) is 3.10. The smallest absolute Gasteiger partial charge is 0.283 e. The summed E-state index contributed by atoms with van der Waals surface area (Å²) in [6, 6.07) is 13.4. The molecule has 0 radical (unpaired) electrons. The number of pyridine rings is 1. The van der Waals surface area contributed by atoms with E-state index in [1.54, 1.807) is 11.1 Å². The van der Waals surface area contributed by atoms with Crippen LogP contribution in [0.15, 0.2) is 48.7 Å². The third-order valence-corrected chi connectivity index (χ3v) is 4.85. The number of hydrogen-bond acceptors (Lipinski definition) is 5. The number of fused-ring (bicyclic) bond motifs is 1. The normalized spacial score (nSPS) is 12.2. The number of nitrogens with zero attached hydrogens (tertiary/aromatic N) is 3. The maximum Gasteiger partial charge on any atom is 0.283 e. The molecule has 24 heavy (non-hydrogen) atoms. The molecule has 1 N–H and O–H groups in total. The van der Waals surface area contributed by atoms with Crippen molar-refractivity contribution in [3.63, 3.8) is 0 Å². The van der Waals surface area contributed by atoms with Gasteiger partial charge in [0, 0.05) is 25.4 Å². The molecule has 0 spiro atoms. The Morgan fingerprint density at radius 1 is 1.25 bits per heavy atom.